The molecule has 0 spiro atoms. The Bertz CT molecular complexity index is 3190. The number of nitrogens with zero attached hydrogens (tertiary/aromatic N) is 3. The number of carbonyl (C=O) groups excluding carboxylic acids is 2. The van der Waals surface area contributed by atoms with Gasteiger partial charge < -0.3 is 46.1 Å². The number of aliphatic hydroxyl groups is 1. The molecule has 7 aromatic rings. The van der Waals surface area contributed by atoms with E-state index in [0.29, 0.717) is 81.2 Å². The average Bonchev–Trinajstić information content (AvgIpc) is 3.35. The number of nitrogens with one attached hydrogen (secondary N) is 3. The highest BCUT2D eigenvalue weighted by molar-refractivity contribution is 7.91. The van der Waals surface area contributed by atoms with Crippen LogP contribution in [0.5, 0.6) is 11.5 Å². The van der Waals surface area contributed by atoms with Crippen molar-refractivity contribution in [1.29, 1.82) is 0 Å². The fraction of sp³-hybridized carbons (Fsp3) is 0.283. The van der Waals surface area contributed by atoms with Crippen LogP contribution in [0.15, 0.2) is 130 Å². The average molecular weight is 952 g/mol. The number of piperidine rings is 1. The third-order valence-electron chi connectivity index (χ3n) is 12.8. The number of unbranched alkanes of at least 4 members (excludes halogenated alkanes) is 1. The van der Waals surface area contributed by atoms with E-state index >= 15 is 0 Å². The number of hydrogen-bond donors (Lipinski definition) is 6. The van der Waals surface area contributed by atoms with Crippen LogP contribution in [-0.4, -0.2) is 90.7 Å². The van der Waals surface area contributed by atoms with E-state index < -0.39 is 21.8 Å². The summed E-state index contributed by atoms with van der Waals surface area (Å²) in [5.41, 5.74) is 11.6. The number of benzene rings is 5. The number of aliphatic hydroxyl groups excluding tert-OH is 1. The number of aromatic nitrogens is 2. The summed E-state index contributed by atoms with van der Waals surface area (Å²) in [7, 11) is -0.756. The number of carbonyl (C=O) groups is 2. The molecule has 0 bridgehead atoms. The molecule has 15 nitrogen and oxygen atoms in total. The van der Waals surface area contributed by atoms with Gasteiger partial charge in [-0.1, -0.05) is 48.5 Å². The first-order valence-corrected chi connectivity index (χ1v) is 24.5. The lowest BCUT2D eigenvalue weighted by Crippen LogP contribution is -2.44. The molecule has 7 N–H and O–H groups in total. The molecule has 3 amide bonds. The van der Waals surface area contributed by atoms with E-state index in [4.69, 9.17) is 10.5 Å². The maximum atomic E-state index is 14.3. The number of anilines is 2. The summed E-state index contributed by atoms with van der Waals surface area (Å²) in [5.74, 6) is 0.194. The molecule has 2 aromatic heterocycles. The summed E-state index contributed by atoms with van der Waals surface area (Å²) in [4.78, 5) is 48.4. The maximum absolute atomic E-state index is 14.3. The van der Waals surface area contributed by atoms with Gasteiger partial charge in [-0.05, 0) is 134 Å². The van der Waals surface area contributed by atoms with Crippen LogP contribution in [0.3, 0.4) is 0 Å². The first-order valence-electron chi connectivity index (χ1n) is 23.0. The Kier molecular flexibility index (Phi) is 14.6. The summed E-state index contributed by atoms with van der Waals surface area (Å²) < 4.78 is 33.9. The summed E-state index contributed by atoms with van der Waals surface area (Å²) >= 11 is 0. The van der Waals surface area contributed by atoms with Crippen molar-refractivity contribution in [3.8, 4) is 11.5 Å². The van der Waals surface area contributed by atoms with Gasteiger partial charge in [-0.25, -0.2) is 18.2 Å². The Balaban J connectivity index is 0.824. The molecule has 358 valence electrons. The second-order valence-electron chi connectivity index (χ2n) is 17.7. The Morgan fingerprint density at radius 3 is 2.43 bits per heavy atom. The number of aromatic amines is 1. The number of phenols is 1. The van der Waals surface area contributed by atoms with Crippen molar-refractivity contribution in [3.63, 3.8) is 0 Å². The second kappa shape index (κ2) is 20.9. The lowest BCUT2D eigenvalue weighted by atomic mass is 9.89. The number of likely N-dealkylation sites (tertiary alicyclic amines) is 1. The number of ether oxygens (including phenoxy) is 1. The molecular formula is C53H57N7O8S. The number of pyridine rings is 2. The van der Waals surface area contributed by atoms with Gasteiger partial charge in [0, 0.05) is 61.8 Å². The van der Waals surface area contributed by atoms with Crippen LogP contribution >= 0.6 is 0 Å². The number of H-pyrrole nitrogens is 1. The highest BCUT2D eigenvalue weighted by Gasteiger charge is 2.27. The van der Waals surface area contributed by atoms with Gasteiger partial charge in [0.15, 0.2) is 0 Å². The molecule has 1 aliphatic heterocycles. The number of fused-ring (bicyclic) bond motifs is 2. The molecule has 8 rings (SSSR count). The van der Waals surface area contributed by atoms with Crippen molar-refractivity contribution in [2.75, 3.05) is 45.7 Å². The van der Waals surface area contributed by atoms with Crippen molar-refractivity contribution < 1.29 is 33.0 Å². The molecule has 0 aliphatic carbocycles. The third-order valence-corrected chi connectivity index (χ3v) is 14.6. The molecular weight excluding hydrogens is 895 g/mol. The fourth-order valence-electron chi connectivity index (χ4n) is 9.08. The number of amides is 3. The van der Waals surface area contributed by atoms with Crippen LogP contribution in [0.4, 0.5) is 16.2 Å². The number of rotatable bonds is 17. The normalized spacial score (nSPS) is 13.7. The molecule has 0 saturated carbocycles. The number of phenolic OH excluding ortho intramolecular Hbond substituents is 1. The molecule has 0 radical (unpaired) electrons. The SMILES string of the molecule is COc1cccc(Nc2cc(C(N)=O)nc3c(C)cc(S(=O)(=O)c4cccc(CN(C)C(=O)N5CCC(c6ccc(CCCCNC[C@H](O)c7ccc(O)c8[nH]c(=O)ccc78)cc6)CC5)c4)cc23)c1. The monoisotopic (exact) mass is 951 g/mol. The zero-order valence-electron chi connectivity index (χ0n) is 38.9. The molecule has 1 aliphatic rings. The van der Waals surface area contributed by atoms with Gasteiger partial charge >= 0.3 is 6.03 Å². The van der Waals surface area contributed by atoms with E-state index in [-0.39, 0.29) is 39.4 Å². The van der Waals surface area contributed by atoms with E-state index in [1.165, 1.54) is 29.3 Å². The lowest BCUT2D eigenvalue weighted by molar-refractivity contribution is 0.0995. The standard InChI is InChI=1S/C53H57N7O8S/c1-33-26-41(29-44-45(30-46(52(54)64)57-50(33)44)56-38-10-7-11-39(28-38)68-3)69(66,67)40-12-6-9-35(27-40)32-59(2)53(65)60-24-21-37(22-25-60)36-15-13-34(14-16-36)8-4-5-23-55-31-48(62)42-17-19-47(61)51-43(42)18-20-49(63)58-51/h6-7,9-20,26-30,37,48,55,61-62H,4-5,8,21-25,31-32H2,1-3H3,(H2,54,64)(H,56,57)(H,58,63)/t48-/m0/s1. The van der Waals surface area contributed by atoms with Gasteiger partial charge in [0.05, 0.1) is 39.7 Å². The van der Waals surface area contributed by atoms with Gasteiger partial charge in [0.1, 0.15) is 17.2 Å². The van der Waals surface area contributed by atoms with Crippen molar-refractivity contribution in [3.05, 3.63) is 159 Å². The number of sulfone groups is 1. The summed E-state index contributed by atoms with van der Waals surface area (Å²) in [5, 5.41) is 28.7. The summed E-state index contributed by atoms with van der Waals surface area (Å²) in [6, 6.07) is 33.2. The Hall–Kier alpha value is -7.27. The molecule has 3 heterocycles. The molecule has 5 aromatic carbocycles. The van der Waals surface area contributed by atoms with Crippen molar-refractivity contribution in [2.24, 2.45) is 5.73 Å². The minimum absolute atomic E-state index is 0.0304. The van der Waals surface area contributed by atoms with Crippen LogP contribution in [0.25, 0.3) is 21.8 Å². The number of nitrogens with two attached hydrogens (primary N) is 1. The van der Waals surface area contributed by atoms with Crippen LogP contribution in [0, 0.1) is 6.92 Å². The molecule has 1 fully saturated rings. The lowest BCUT2D eigenvalue weighted by Gasteiger charge is -2.35. The first-order chi connectivity index (χ1) is 33.2. The van der Waals surface area contributed by atoms with E-state index in [1.54, 1.807) is 86.6 Å². The predicted molar refractivity (Wildman–Crippen MR) is 267 cm³/mol. The van der Waals surface area contributed by atoms with Gasteiger partial charge in [-0.3, -0.25) is 9.59 Å². The predicted octanol–water partition coefficient (Wildman–Crippen LogP) is 7.85. The summed E-state index contributed by atoms with van der Waals surface area (Å²) in [6.45, 7) is 4.26. The van der Waals surface area contributed by atoms with E-state index in [2.05, 4.69) is 44.9 Å². The molecule has 16 heteroatoms. The number of aromatic hydroxyl groups is 1. The molecule has 69 heavy (non-hydrogen) atoms. The van der Waals surface area contributed by atoms with Crippen LogP contribution in [0.1, 0.15) is 76.0 Å². The topological polar surface area (TPSA) is 220 Å². The molecule has 1 atom stereocenters. The van der Waals surface area contributed by atoms with Crippen LogP contribution < -0.4 is 26.7 Å². The number of primary amides is 1. The number of methoxy groups -OCH3 is 1. The van der Waals surface area contributed by atoms with E-state index in [1.807, 2.05) is 17.0 Å². The fourth-order valence-corrected chi connectivity index (χ4v) is 10.5. The maximum Gasteiger partial charge on any atom is 0.320 e. The van der Waals surface area contributed by atoms with Crippen LogP contribution in [-0.2, 0) is 22.8 Å². The minimum Gasteiger partial charge on any atom is -0.506 e. The van der Waals surface area contributed by atoms with E-state index in [0.717, 1.165) is 38.6 Å². The smallest absolute Gasteiger partial charge is 0.320 e. The highest BCUT2D eigenvalue weighted by Crippen LogP contribution is 2.35. The number of aryl methyl sites for hydroxylation is 2. The second-order valence-corrected chi connectivity index (χ2v) is 19.6. The van der Waals surface area contributed by atoms with E-state index in [9.17, 15) is 33.0 Å². The number of hydrogen-bond acceptors (Lipinski definition) is 11. The Morgan fingerprint density at radius 2 is 1.68 bits per heavy atom. The van der Waals surface area contributed by atoms with Gasteiger partial charge in [0.2, 0.25) is 15.4 Å². The summed E-state index contributed by atoms with van der Waals surface area (Å²) in [6.07, 6.45) is 3.72. The van der Waals surface area contributed by atoms with Crippen molar-refractivity contribution >= 4 is 55.0 Å². The third kappa shape index (κ3) is 11.0. The van der Waals surface area contributed by atoms with Gasteiger partial charge in [-0.2, -0.15) is 0 Å². The Morgan fingerprint density at radius 1 is 0.913 bits per heavy atom. The highest BCUT2D eigenvalue weighted by atomic mass is 32.2. The minimum atomic E-state index is -4.04. The van der Waals surface area contributed by atoms with Gasteiger partial charge in [-0.15, -0.1) is 0 Å². The first kappa shape index (κ1) is 48.2. The molecule has 1 saturated heterocycles. The largest absolute Gasteiger partial charge is 0.506 e. The van der Waals surface area contributed by atoms with Gasteiger partial charge in [0.25, 0.3) is 5.91 Å². The van der Waals surface area contributed by atoms with Crippen molar-refractivity contribution in [1.82, 2.24) is 25.1 Å². The zero-order chi connectivity index (χ0) is 48.8. The van der Waals surface area contributed by atoms with Crippen LogP contribution in [0.2, 0.25) is 0 Å². The Labute approximate surface area is 400 Å². The van der Waals surface area contributed by atoms with Crippen molar-refractivity contribution in [2.45, 2.75) is 67.4 Å². The zero-order valence-corrected chi connectivity index (χ0v) is 39.7. The number of urea groups is 1. The quantitative estimate of drug-likeness (QED) is 0.0483. The molecule has 0 unspecified atom stereocenters.